The van der Waals surface area contributed by atoms with Crippen molar-refractivity contribution in [3.8, 4) is 18.1 Å². The van der Waals surface area contributed by atoms with Crippen LogP contribution in [0.25, 0.3) is 0 Å². The lowest BCUT2D eigenvalue weighted by molar-refractivity contribution is -0.115. The van der Waals surface area contributed by atoms with E-state index in [2.05, 4.69) is 16.6 Å². The Morgan fingerprint density at radius 3 is 2.53 bits per heavy atom. The van der Waals surface area contributed by atoms with E-state index in [9.17, 15) is 9.90 Å². The molecule has 3 N–H and O–H groups in total. The van der Waals surface area contributed by atoms with Crippen LogP contribution < -0.4 is 10.6 Å². The molecule has 1 amide bonds. The Morgan fingerprint density at radius 2 is 2.00 bits per heavy atom. The summed E-state index contributed by atoms with van der Waals surface area (Å²) >= 11 is 11.4. The number of benzene rings is 1. The summed E-state index contributed by atoms with van der Waals surface area (Å²) in [5, 5.41) is 14.8. The largest absolute Gasteiger partial charge is 0.505 e. The van der Waals surface area contributed by atoms with Crippen molar-refractivity contribution in [2.75, 3.05) is 18.4 Å². The van der Waals surface area contributed by atoms with Crippen LogP contribution in [0.1, 0.15) is 0 Å². The van der Waals surface area contributed by atoms with Crippen molar-refractivity contribution in [2.45, 2.75) is 0 Å². The first-order valence-corrected chi connectivity index (χ1v) is 5.42. The maximum Gasteiger partial charge on any atom is 0.238 e. The van der Waals surface area contributed by atoms with Gasteiger partial charge in [-0.3, -0.25) is 10.1 Å². The first-order chi connectivity index (χ1) is 8.04. The number of amides is 1. The van der Waals surface area contributed by atoms with Gasteiger partial charge >= 0.3 is 0 Å². The van der Waals surface area contributed by atoms with Crippen molar-refractivity contribution < 1.29 is 9.90 Å². The third-order valence-corrected chi connectivity index (χ3v) is 2.39. The standard InChI is InChI=1S/C11H10Cl2N2O2/c1-2-3-14-6-10(16)15-7-4-8(12)11(17)9(13)5-7/h1,4-5,14,17H,3,6H2,(H,15,16). The first kappa shape index (κ1) is 13.7. The van der Waals surface area contributed by atoms with Gasteiger partial charge in [-0.25, -0.2) is 0 Å². The Kier molecular flexibility index (Phi) is 5.11. The number of rotatable bonds is 4. The predicted octanol–water partition coefficient (Wildman–Crippen LogP) is 1.86. The number of hydrogen-bond donors (Lipinski definition) is 3. The highest BCUT2D eigenvalue weighted by Crippen LogP contribution is 2.34. The molecular formula is C11H10Cl2N2O2. The number of terminal acetylenes is 1. The van der Waals surface area contributed by atoms with Crippen LogP contribution in [0.15, 0.2) is 12.1 Å². The fourth-order valence-electron chi connectivity index (χ4n) is 1.09. The second kappa shape index (κ2) is 6.36. The van der Waals surface area contributed by atoms with Crippen LogP contribution in [-0.2, 0) is 4.79 Å². The van der Waals surface area contributed by atoms with Gasteiger partial charge in [-0.1, -0.05) is 29.1 Å². The molecule has 6 heteroatoms. The van der Waals surface area contributed by atoms with Crippen LogP contribution in [-0.4, -0.2) is 24.1 Å². The van der Waals surface area contributed by atoms with Gasteiger partial charge in [0.25, 0.3) is 0 Å². The molecule has 0 aliphatic carbocycles. The molecule has 0 aliphatic rings. The summed E-state index contributed by atoms with van der Waals surface area (Å²) in [7, 11) is 0. The SMILES string of the molecule is C#CCNCC(=O)Nc1cc(Cl)c(O)c(Cl)c1. The van der Waals surface area contributed by atoms with E-state index in [1.54, 1.807) is 0 Å². The van der Waals surface area contributed by atoms with E-state index < -0.39 is 0 Å². The molecule has 0 radical (unpaired) electrons. The van der Waals surface area contributed by atoms with Gasteiger partial charge in [-0.15, -0.1) is 6.42 Å². The average Bonchev–Trinajstić information content (AvgIpc) is 2.26. The Bertz CT molecular complexity index is 446. The molecule has 1 aromatic carbocycles. The smallest absolute Gasteiger partial charge is 0.238 e. The van der Waals surface area contributed by atoms with Crippen molar-refractivity contribution >= 4 is 34.8 Å². The second-order valence-electron chi connectivity index (χ2n) is 3.14. The highest BCUT2D eigenvalue weighted by Gasteiger charge is 2.08. The maximum atomic E-state index is 11.4. The molecule has 0 heterocycles. The molecule has 1 rings (SSSR count). The van der Waals surface area contributed by atoms with E-state index in [1.807, 2.05) is 0 Å². The topological polar surface area (TPSA) is 61.4 Å². The van der Waals surface area contributed by atoms with Gasteiger partial charge in [0, 0.05) is 5.69 Å². The van der Waals surface area contributed by atoms with Gasteiger partial charge in [-0.05, 0) is 12.1 Å². The van der Waals surface area contributed by atoms with E-state index in [-0.39, 0.29) is 28.2 Å². The summed E-state index contributed by atoms with van der Waals surface area (Å²) in [6, 6.07) is 2.81. The van der Waals surface area contributed by atoms with Crippen molar-refractivity contribution in [1.29, 1.82) is 0 Å². The molecule has 0 aromatic heterocycles. The number of aromatic hydroxyl groups is 1. The fraction of sp³-hybridized carbons (Fsp3) is 0.182. The number of phenols is 1. The molecule has 0 saturated carbocycles. The van der Waals surface area contributed by atoms with Crippen molar-refractivity contribution in [3.63, 3.8) is 0 Å². The highest BCUT2D eigenvalue weighted by molar-refractivity contribution is 6.37. The summed E-state index contributed by atoms with van der Waals surface area (Å²) in [6.07, 6.45) is 5.02. The summed E-state index contributed by atoms with van der Waals surface area (Å²) in [4.78, 5) is 11.4. The highest BCUT2D eigenvalue weighted by atomic mass is 35.5. The van der Waals surface area contributed by atoms with Crippen LogP contribution in [0.3, 0.4) is 0 Å². The first-order valence-electron chi connectivity index (χ1n) is 4.66. The van der Waals surface area contributed by atoms with E-state index >= 15 is 0 Å². The third kappa shape index (κ3) is 4.16. The molecule has 0 atom stereocenters. The third-order valence-electron chi connectivity index (χ3n) is 1.81. The zero-order chi connectivity index (χ0) is 12.8. The Labute approximate surface area is 109 Å². The summed E-state index contributed by atoms with van der Waals surface area (Å²) in [5.41, 5.74) is 0.408. The van der Waals surface area contributed by atoms with Gasteiger partial charge in [0.1, 0.15) is 0 Å². The molecule has 17 heavy (non-hydrogen) atoms. The molecular weight excluding hydrogens is 263 g/mol. The summed E-state index contributed by atoms with van der Waals surface area (Å²) in [6.45, 7) is 0.394. The molecule has 0 spiro atoms. The average molecular weight is 273 g/mol. The minimum absolute atomic E-state index is 0.0735. The molecule has 0 aliphatic heterocycles. The van der Waals surface area contributed by atoms with Crippen molar-refractivity contribution in [1.82, 2.24) is 5.32 Å². The van der Waals surface area contributed by atoms with Crippen LogP contribution in [0.5, 0.6) is 5.75 Å². The number of phenolic OH excluding ortho intramolecular Hbond substituents is 1. The summed E-state index contributed by atoms with van der Waals surface area (Å²) < 4.78 is 0. The van der Waals surface area contributed by atoms with Crippen LogP contribution in [0.2, 0.25) is 10.0 Å². The minimum atomic E-state index is -0.280. The maximum absolute atomic E-state index is 11.4. The lowest BCUT2D eigenvalue weighted by Gasteiger charge is -2.07. The lowest BCUT2D eigenvalue weighted by atomic mass is 10.3. The predicted molar refractivity (Wildman–Crippen MR) is 68.5 cm³/mol. The van der Waals surface area contributed by atoms with E-state index in [0.29, 0.717) is 12.2 Å². The molecule has 0 fully saturated rings. The van der Waals surface area contributed by atoms with Gasteiger partial charge < -0.3 is 10.4 Å². The van der Waals surface area contributed by atoms with Gasteiger partial charge in [0.15, 0.2) is 5.75 Å². The number of nitrogens with one attached hydrogen (secondary N) is 2. The molecule has 4 nitrogen and oxygen atoms in total. The zero-order valence-corrected chi connectivity index (χ0v) is 10.3. The minimum Gasteiger partial charge on any atom is -0.505 e. The summed E-state index contributed by atoms with van der Waals surface area (Å²) in [5.74, 6) is 1.86. The fourth-order valence-corrected chi connectivity index (χ4v) is 1.58. The molecule has 0 unspecified atom stereocenters. The monoisotopic (exact) mass is 272 g/mol. The molecule has 0 bridgehead atoms. The quantitative estimate of drug-likeness (QED) is 0.446. The number of carbonyl (C=O) groups excluding carboxylic acids is 1. The Balaban J connectivity index is 2.63. The number of hydrogen-bond acceptors (Lipinski definition) is 3. The van der Waals surface area contributed by atoms with Crippen molar-refractivity contribution in [2.24, 2.45) is 0 Å². The van der Waals surface area contributed by atoms with E-state index in [0.717, 1.165) is 0 Å². The number of halogens is 2. The number of anilines is 1. The van der Waals surface area contributed by atoms with Gasteiger partial charge in [0.2, 0.25) is 5.91 Å². The normalized spacial score (nSPS) is 9.71. The van der Waals surface area contributed by atoms with Crippen LogP contribution in [0.4, 0.5) is 5.69 Å². The Hall–Kier alpha value is -1.41. The van der Waals surface area contributed by atoms with Gasteiger partial charge in [0.05, 0.1) is 23.1 Å². The zero-order valence-electron chi connectivity index (χ0n) is 8.76. The molecule has 1 aromatic rings. The molecule has 0 saturated heterocycles. The lowest BCUT2D eigenvalue weighted by Crippen LogP contribution is -2.28. The molecule has 90 valence electrons. The van der Waals surface area contributed by atoms with Crippen LogP contribution in [0, 0.1) is 12.3 Å². The van der Waals surface area contributed by atoms with Crippen LogP contribution >= 0.6 is 23.2 Å². The van der Waals surface area contributed by atoms with E-state index in [4.69, 9.17) is 29.6 Å². The second-order valence-corrected chi connectivity index (χ2v) is 3.96. The van der Waals surface area contributed by atoms with Crippen molar-refractivity contribution in [3.05, 3.63) is 22.2 Å². The van der Waals surface area contributed by atoms with E-state index in [1.165, 1.54) is 12.1 Å². The van der Waals surface area contributed by atoms with Gasteiger partial charge in [-0.2, -0.15) is 0 Å². The number of carbonyl (C=O) groups is 1. The Morgan fingerprint density at radius 1 is 1.41 bits per heavy atom.